The average Bonchev–Trinajstić information content (AvgIpc) is 3.34. The fraction of sp³-hybridized carbons (Fsp3) is 0.455. The van der Waals surface area contributed by atoms with E-state index in [0.29, 0.717) is 26.2 Å². The molecule has 1 aromatic carbocycles. The third kappa shape index (κ3) is 3.60. The van der Waals surface area contributed by atoms with Crippen LogP contribution >= 0.6 is 0 Å². The molecule has 1 spiro atoms. The molecule has 0 radical (unpaired) electrons. The van der Waals surface area contributed by atoms with Crippen molar-refractivity contribution in [1.82, 2.24) is 23.6 Å². The van der Waals surface area contributed by atoms with Gasteiger partial charge in [0, 0.05) is 39.4 Å². The summed E-state index contributed by atoms with van der Waals surface area (Å²) in [5.41, 5.74) is 1.61. The highest BCUT2D eigenvalue weighted by Crippen LogP contribution is 2.47. The largest absolute Gasteiger partial charge is 0.353 e. The zero-order valence-corrected chi connectivity index (χ0v) is 18.7. The predicted molar refractivity (Wildman–Crippen MR) is 121 cm³/mol. The maximum atomic E-state index is 13.5. The molecule has 1 N–H and O–H groups in total. The number of hydrogen-bond donors (Lipinski definition) is 1. The monoisotopic (exact) mass is 440 g/mol. The van der Waals surface area contributed by atoms with Gasteiger partial charge in [-0.1, -0.05) is 37.3 Å². The average molecular weight is 441 g/mol. The Hall–Kier alpha value is -2.49. The quantitative estimate of drug-likeness (QED) is 0.637. The Morgan fingerprint density at radius 3 is 2.68 bits per heavy atom. The Morgan fingerprint density at radius 2 is 1.94 bits per heavy atom. The van der Waals surface area contributed by atoms with Gasteiger partial charge in [-0.25, -0.2) is 9.97 Å². The third-order valence-corrected chi connectivity index (χ3v) is 8.68. The molecular formula is C22H28N6O2S. The van der Waals surface area contributed by atoms with Crippen molar-refractivity contribution in [2.45, 2.75) is 31.2 Å². The third-order valence-electron chi connectivity index (χ3n) is 6.62. The van der Waals surface area contributed by atoms with Gasteiger partial charge in [-0.05, 0) is 30.4 Å². The molecule has 1 saturated carbocycles. The highest BCUT2D eigenvalue weighted by atomic mass is 32.2. The second-order valence-electron chi connectivity index (χ2n) is 8.76. The van der Waals surface area contributed by atoms with Crippen LogP contribution in [0.15, 0.2) is 48.9 Å². The number of aromatic nitrogens is 3. The molecule has 1 aliphatic carbocycles. The number of fused-ring (bicyclic) bond motifs is 1. The lowest BCUT2D eigenvalue weighted by Gasteiger charge is -2.43. The molecule has 1 aliphatic heterocycles. The molecule has 5 rings (SSSR count). The van der Waals surface area contributed by atoms with Crippen LogP contribution in [0.4, 0.5) is 5.82 Å². The van der Waals surface area contributed by atoms with Crippen LogP contribution in [-0.4, -0.2) is 70.7 Å². The number of nitrogens with zero attached hydrogens (tertiary/aromatic N) is 5. The first kappa shape index (κ1) is 20.4. The standard InChI is InChI=1S/C22H28N6O2S/c1-17(18-6-4-3-5-7-18)14-26(2)31(29,30)28-13-12-27(15-22(28)9-10-22)21-19-8-11-23-20(19)24-16-25-21/h3-8,11,16-17H,9-10,12-15H2,1-2H3,(H,23,24,25). The van der Waals surface area contributed by atoms with E-state index in [1.54, 1.807) is 17.7 Å². The summed E-state index contributed by atoms with van der Waals surface area (Å²) in [6, 6.07) is 12.0. The molecule has 1 atom stereocenters. The van der Waals surface area contributed by atoms with Gasteiger partial charge < -0.3 is 9.88 Å². The molecule has 2 aromatic heterocycles. The van der Waals surface area contributed by atoms with Crippen molar-refractivity contribution < 1.29 is 8.42 Å². The maximum absolute atomic E-state index is 13.5. The van der Waals surface area contributed by atoms with Gasteiger partial charge in [0.1, 0.15) is 17.8 Å². The van der Waals surface area contributed by atoms with Crippen LogP contribution in [0, 0.1) is 0 Å². The fourth-order valence-electron chi connectivity index (χ4n) is 4.70. The lowest BCUT2D eigenvalue weighted by atomic mass is 10.0. The zero-order chi connectivity index (χ0) is 21.6. The Labute approximate surface area is 183 Å². The fourth-order valence-corrected chi connectivity index (χ4v) is 6.49. The summed E-state index contributed by atoms with van der Waals surface area (Å²) in [4.78, 5) is 14.1. The molecule has 0 amide bonds. The summed E-state index contributed by atoms with van der Waals surface area (Å²) in [6.07, 6.45) is 5.19. The van der Waals surface area contributed by atoms with Gasteiger partial charge in [-0.3, -0.25) is 0 Å². The van der Waals surface area contributed by atoms with E-state index in [9.17, 15) is 8.42 Å². The normalized spacial score (nSPS) is 19.9. The molecule has 1 saturated heterocycles. The predicted octanol–water partition coefficient (Wildman–Crippen LogP) is 2.59. The van der Waals surface area contributed by atoms with Crippen molar-refractivity contribution >= 4 is 27.1 Å². The van der Waals surface area contributed by atoms with Crippen LogP contribution in [0.2, 0.25) is 0 Å². The van der Waals surface area contributed by atoms with Gasteiger partial charge in [0.05, 0.1) is 10.9 Å². The van der Waals surface area contributed by atoms with E-state index >= 15 is 0 Å². The highest BCUT2D eigenvalue weighted by Gasteiger charge is 2.56. The Morgan fingerprint density at radius 1 is 1.16 bits per heavy atom. The molecule has 2 aliphatic rings. The molecule has 1 unspecified atom stereocenters. The Kier molecular flexibility index (Phi) is 4.99. The van der Waals surface area contributed by atoms with Crippen molar-refractivity contribution in [1.29, 1.82) is 0 Å². The highest BCUT2D eigenvalue weighted by molar-refractivity contribution is 7.86. The van der Waals surface area contributed by atoms with E-state index in [1.165, 1.54) is 4.31 Å². The molecule has 0 bridgehead atoms. The number of aromatic amines is 1. The lowest BCUT2D eigenvalue weighted by molar-refractivity contribution is 0.249. The van der Waals surface area contributed by atoms with Crippen LogP contribution in [0.3, 0.4) is 0 Å². The number of anilines is 1. The second-order valence-corrected chi connectivity index (χ2v) is 10.7. The van der Waals surface area contributed by atoms with Crippen LogP contribution in [0.25, 0.3) is 11.0 Å². The van der Waals surface area contributed by atoms with Gasteiger partial charge in [0.2, 0.25) is 0 Å². The lowest BCUT2D eigenvalue weighted by Crippen LogP contribution is -2.60. The van der Waals surface area contributed by atoms with Crippen LogP contribution in [0.1, 0.15) is 31.2 Å². The van der Waals surface area contributed by atoms with E-state index in [4.69, 9.17) is 0 Å². The van der Waals surface area contributed by atoms with Crippen LogP contribution < -0.4 is 4.90 Å². The summed E-state index contributed by atoms with van der Waals surface area (Å²) in [5, 5.41) is 0.975. The number of piperazine rings is 1. The molecule has 9 heteroatoms. The van der Waals surface area contributed by atoms with Crippen molar-refractivity contribution in [3.63, 3.8) is 0 Å². The Balaban J connectivity index is 1.34. The first-order valence-electron chi connectivity index (χ1n) is 10.7. The first-order valence-corrected chi connectivity index (χ1v) is 12.1. The minimum atomic E-state index is -3.55. The molecule has 3 aromatic rings. The molecule has 3 heterocycles. The first-order chi connectivity index (χ1) is 14.9. The van der Waals surface area contributed by atoms with E-state index in [0.717, 1.165) is 35.3 Å². The second kappa shape index (κ2) is 7.58. The van der Waals surface area contributed by atoms with Gasteiger partial charge in [0.15, 0.2) is 0 Å². The minimum Gasteiger partial charge on any atom is -0.353 e. The smallest absolute Gasteiger partial charge is 0.282 e. The van der Waals surface area contributed by atoms with Crippen molar-refractivity contribution in [3.8, 4) is 0 Å². The minimum absolute atomic E-state index is 0.125. The van der Waals surface area contributed by atoms with Gasteiger partial charge in [-0.2, -0.15) is 17.0 Å². The SMILES string of the molecule is CC(CN(C)S(=O)(=O)N1CCN(c2ncnc3[nH]ccc23)CC12CC2)c1ccccc1. The van der Waals surface area contributed by atoms with E-state index < -0.39 is 10.2 Å². The summed E-state index contributed by atoms with van der Waals surface area (Å²) in [7, 11) is -1.85. The summed E-state index contributed by atoms with van der Waals surface area (Å²) >= 11 is 0. The van der Waals surface area contributed by atoms with Crippen molar-refractivity contribution in [2.75, 3.05) is 38.1 Å². The molecule has 164 valence electrons. The number of nitrogens with one attached hydrogen (secondary N) is 1. The molecule has 8 nitrogen and oxygen atoms in total. The topological polar surface area (TPSA) is 85.4 Å². The summed E-state index contributed by atoms with van der Waals surface area (Å²) < 4.78 is 30.3. The number of rotatable bonds is 6. The molecule has 31 heavy (non-hydrogen) atoms. The van der Waals surface area contributed by atoms with E-state index in [-0.39, 0.29) is 11.5 Å². The van der Waals surface area contributed by atoms with Crippen LogP contribution in [-0.2, 0) is 10.2 Å². The van der Waals surface area contributed by atoms with Gasteiger partial charge >= 0.3 is 0 Å². The van der Waals surface area contributed by atoms with Crippen molar-refractivity contribution in [2.24, 2.45) is 0 Å². The molecule has 2 fully saturated rings. The number of likely N-dealkylation sites (N-methyl/N-ethyl adjacent to an activating group) is 1. The van der Waals surface area contributed by atoms with Gasteiger partial charge in [-0.15, -0.1) is 0 Å². The molecular weight excluding hydrogens is 412 g/mol. The number of hydrogen-bond acceptors (Lipinski definition) is 5. The van der Waals surface area contributed by atoms with Crippen LogP contribution in [0.5, 0.6) is 0 Å². The zero-order valence-electron chi connectivity index (χ0n) is 17.9. The number of benzene rings is 1. The van der Waals surface area contributed by atoms with E-state index in [2.05, 4.69) is 38.9 Å². The summed E-state index contributed by atoms with van der Waals surface area (Å²) in [5.74, 6) is 1.00. The Bertz CT molecular complexity index is 1170. The van der Waals surface area contributed by atoms with E-state index in [1.807, 2.05) is 30.5 Å². The van der Waals surface area contributed by atoms with Gasteiger partial charge in [0.25, 0.3) is 10.2 Å². The number of H-pyrrole nitrogens is 1. The maximum Gasteiger partial charge on any atom is 0.282 e. The summed E-state index contributed by atoms with van der Waals surface area (Å²) in [6.45, 7) is 4.26. The van der Waals surface area contributed by atoms with Crippen molar-refractivity contribution in [3.05, 3.63) is 54.5 Å².